The van der Waals surface area contributed by atoms with Crippen molar-refractivity contribution >= 4 is 11.7 Å². The summed E-state index contributed by atoms with van der Waals surface area (Å²) < 4.78 is 86.4. The second-order valence-corrected chi connectivity index (χ2v) is 11.7. The van der Waals surface area contributed by atoms with Gasteiger partial charge in [0.15, 0.2) is 0 Å². The number of fused-ring (bicyclic) bond motifs is 1. The van der Waals surface area contributed by atoms with E-state index in [0.717, 1.165) is 24.1 Å². The Hall–Kier alpha value is -2.95. The lowest BCUT2D eigenvalue weighted by Crippen LogP contribution is -2.49. The predicted molar refractivity (Wildman–Crippen MR) is 138 cm³/mol. The van der Waals surface area contributed by atoms with E-state index in [-0.39, 0.29) is 30.0 Å². The third kappa shape index (κ3) is 6.29. The van der Waals surface area contributed by atoms with Crippen molar-refractivity contribution in [3.05, 3.63) is 58.7 Å². The van der Waals surface area contributed by atoms with Gasteiger partial charge >= 0.3 is 12.4 Å². The number of anilines is 1. The average molecular weight is 584 g/mol. The van der Waals surface area contributed by atoms with Gasteiger partial charge in [-0.1, -0.05) is 13.0 Å². The van der Waals surface area contributed by atoms with Gasteiger partial charge in [0.1, 0.15) is 12.4 Å². The molecule has 0 spiro atoms. The molecule has 1 saturated heterocycles. The molecule has 2 aromatic carbocycles. The molecule has 0 radical (unpaired) electrons. The molecule has 3 aliphatic rings. The number of hydrogen-bond donors (Lipinski definition) is 0. The van der Waals surface area contributed by atoms with E-state index in [1.165, 1.54) is 0 Å². The van der Waals surface area contributed by atoms with Crippen LogP contribution in [0.15, 0.2) is 36.4 Å². The van der Waals surface area contributed by atoms with Crippen LogP contribution in [-0.4, -0.2) is 43.7 Å². The molecule has 41 heavy (non-hydrogen) atoms. The van der Waals surface area contributed by atoms with Crippen molar-refractivity contribution in [2.45, 2.75) is 63.5 Å². The number of carboxylic acid groups (broad SMARTS) is 1. The lowest BCUT2D eigenvalue weighted by molar-refractivity contribution is -0.311. The number of piperidine rings is 1. The van der Waals surface area contributed by atoms with Crippen LogP contribution in [0.4, 0.5) is 32.0 Å². The topological polar surface area (TPSA) is 55.8 Å². The summed E-state index contributed by atoms with van der Waals surface area (Å²) in [6.45, 7) is 2.80. The van der Waals surface area contributed by atoms with Gasteiger partial charge in [0.05, 0.1) is 22.9 Å². The molecule has 3 atom stereocenters. The van der Waals surface area contributed by atoms with E-state index in [2.05, 4.69) is 4.90 Å². The number of ether oxygens (including phenoxy) is 1. The molecule has 1 saturated carbocycles. The van der Waals surface area contributed by atoms with Gasteiger partial charge in [0.25, 0.3) is 0 Å². The van der Waals surface area contributed by atoms with Gasteiger partial charge in [-0.15, -0.1) is 0 Å². The number of benzene rings is 2. The van der Waals surface area contributed by atoms with E-state index in [1.54, 1.807) is 11.8 Å². The Labute approximate surface area is 235 Å². The van der Waals surface area contributed by atoms with Gasteiger partial charge < -0.3 is 19.5 Å². The number of carbonyl (C=O) groups is 1. The minimum Gasteiger partial charge on any atom is -0.550 e. The van der Waals surface area contributed by atoms with Gasteiger partial charge in [-0.25, -0.2) is 0 Å². The Bertz CT molecular complexity index is 1270. The average Bonchev–Trinajstić information content (AvgIpc) is 3.74. The molecule has 2 fully saturated rings. The standard InChI is InChI=1S/C30H34F6N2O3/c1-17(28(39)40)27(19-3-4-19)20-5-8-26-24(14-20)37(2)25(16-41-26)18-9-11-38(12-10-18)15-21-13-22(29(31,32)33)6-7-23(21)30(34,35)36/h5-8,13-14,17-19,25,27H,3-4,9-12,15-16H2,1-2H3,(H,39,40)/p-1/t17-,25?,27-/m0/s1. The van der Waals surface area contributed by atoms with Crippen molar-refractivity contribution in [1.82, 2.24) is 4.90 Å². The number of likely N-dealkylation sites (tertiary alicyclic amines) is 1. The molecular formula is C30H33F6N2O3-. The Balaban J connectivity index is 1.28. The minimum absolute atomic E-state index is 0.00266. The highest BCUT2D eigenvalue weighted by atomic mass is 19.4. The molecule has 0 bridgehead atoms. The monoisotopic (exact) mass is 583 g/mol. The number of aliphatic carboxylic acids is 1. The van der Waals surface area contributed by atoms with Gasteiger partial charge in [0, 0.05) is 25.5 Å². The Morgan fingerprint density at radius 1 is 1.00 bits per heavy atom. The quantitative estimate of drug-likeness (QED) is 0.391. The summed E-state index contributed by atoms with van der Waals surface area (Å²) in [4.78, 5) is 15.6. The number of rotatable bonds is 7. The van der Waals surface area contributed by atoms with Crippen LogP contribution < -0.4 is 14.7 Å². The third-order valence-corrected chi connectivity index (χ3v) is 9.00. The molecule has 5 rings (SSSR count). The van der Waals surface area contributed by atoms with Crippen LogP contribution in [0.1, 0.15) is 60.8 Å². The second kappa shape index (κ2) is 11.0. The smallest absolute Gasteiger partial charge is 0.416 e. The molecule has 5 nitrogen and oxygen atoms in total. The lowest BCUT2D eigenvalue weighted by atomic mass is 9.82. The van der Waals surface area contributed by atoms with Crippen LogP contribution in [0.5, 0.6) is 5.75 Å². The first-order valence-corrected chi connectivity index (χ1v) is 13.9. The molecule has 0 amide bonds. The maximum atomic E-state index is 13.6. The molecule has 2 heterocycles. The molecular weight excluding hydrogens is 550 g/mol. The zero-order chi connectivity index (χ0) is 29.7. The van der Waals surface area contributed by atoms with E-state index in [4.69, 9.17) is 4.74 Å². The minimum atomic E-state index is -4.75. The largest absolute Gasteiger partial charge is 0.550 e. The first-order chi connectivity index (χ1) is 19.2. The lowest BCUT2D eigenvalue weighted by Gasteiger charge is -2.43. The highest BCUT2D eigenvalue weighted by molar-refractivity contribution is 5.70. The summed E-state index contributed by atoms with van der Waals surface area (Å²) in [5, 5.41) is 11.7. The SMILES string of the molecule is C[C@H](C(=O)[O-])[C@H](c1ccc2c(c1)N(C)C(C1CCN(Cc3cc(C(F)(F)F)ccc3C(F)(F)F)CC1)CO2)C1CC1. The van der Waals surface area contributed by atoms with Crippen LogP contribution >= 0.6 is 0 Å². The number of halogens is 6. The zero-order valence-electron chi connectivity index (χ0n) is 22.9. The summed E-state index contributed by atoms with van der Waals surface area (Å²) in [5.41, 5.74) is -0.696. The van der Waals surface area contributed by atoms with Crippen molar-refractivity contribution in [2.75, 3.05) is 31.6 Å². The number of nitrogens with zero attached hydrogens (tertiary/aromatic N) is 2. The van der Waals surface area contributed by atoms with Crippen molar-refractivity contribution in [3.63, 3.8) is 0 Å². The van der Waals surface area contributed by atoms with Crippen LogP contribution in [0, 0.1) is 17.8 Å². The Morgan fingerprint density at radius 2 is 1.68 bits per heavy atom. The van der Waals surface area contributed by atoms with Crippen molar-refractivity contribution in [3.8, 4) is 5.75 Å². The molecule has 11 heteroatoms. The highest BCUT2D eigenvalue weighted by Gasteiger charge is 2.40. The Morgan fingerprint density at radius 3 is 2.27 bits per heavy atom. The second-order valence-electron chi connectivity index (χ2n) is 11.7. The normalized spacial score (nSPS) is 22.1. The van der Waals surface area contributed by atoms with Crippen LogP contribution in [0.25, 0.3) is 0 Å². The first kappa shape index (κ1) is 29.5. The van der Waals surface area contributed by atoms with Gasteiger partial charge in [0.2, 0.25) is 0 Å². The van der Waals surface area contributed by atoms with E-state index in [1.807, 2.05) is 25.2 Å². The first-order valence-electron chi connectivity index (χ1n) is 13.9. The maximum Gasteiger partial charge on any atom is 0.416 e. The van der Waals surface area contributed by atoms with E-state index >= 15 is 0 Å². The molecule has 1 unspecified atom stereocenters. The zero-order valence-corrected chi connectivity index (χ0v) is 22.9. The van der Waals surface area contributed by atoms with Crippen LogP contribution in [0.3, 0.4) is 0 Å². The predicted octanol–water partition coefficient (Wildman–Crippen LogP) is 5.71. The van der Waals surface area contributed by atoms with Crippen LogP contribution in [0.2, 0.25) is 0 Å². The van der Waals surface area contributed by atoms with Crippen molar-refractivity contribution in [1.29, 1.82) is 0 Å². The van der Waals surface area contributed by atoms with Gasteiger partial charge in [-0.3, -0.25) is 4.90 Å². The molecule has 0 N–H and O–H groups in total. The number of likely N-dealkylation sites (N-methyl/N-ethyl adjacent to an activating group) is 1. The molecule has 1 aliphatic carbocycles. The van der Waals surface area contributed by atoms with Crippen molar-refractivity contribution in [2.24, 2.45) is 17.8 Å². The van der Waals surface area contributed by atoms with Crippen LogP contribution in [-0.2, 0) is 23.7 Å². The van der Waals surface area contributed by atoms with Gasteiger partial charge in [-0.2, -0.15) is 26.3 Å². The number of hydrogen-bond acceptors (Lipinski definition) is 5. The summed E-state index contributed by atoms with van der Waals surface area (Å²) in [6, 6.07) is 7.42. The van der Waals surface area contributed by atoms with E-state index in [9.17, 15) is 36.2 Å². The van der Waals surface area contributed by atoms with Crippen molar-refractivity contribution < 1.29 is 41.0 Å². The number of carbonyl (C=O) groups excluding carboxylic acids is 1. The fraction of sp³-hybridized carbons (Fsp3) is 0.567. The Kier molecular flexibility index (Phi) is 7.95. The maximum absolute atomic E-state index is 13.6. The number of alkyl halides is 6. The highest BCUT2D eigenvalue weighted by Crippen LogP contribution is 2.49. The van der Waals surface area contributed by atoms with Gasteiger partial charge in [-0.05, 0) is 98.0 Å². The fourth-order valence-corrected chi connectivity index (χ4v) is 6.54. The molecule has 2 aliphatic heterocycles. The molecule has 224 valence electrons. The summed E-state index contributed by atoms with van der Waals surface area (Å²) >= 11 is 0. The fourth-order valence-electron chi connectivity index (χ4n) is 6.54. The molecule has 0 aromatic heterocycles. The number of carboxylic acids is 1. The summed E-state index contributed by atoms with van der Waals surface area (Å²) in [5.74, 6) is -0.639. The summed E-state index contributed by atoms with van der Waals surface area (Å²) in [7, 11) is 1.97. The third-order valence-electron chi connectivity index (χ3n) is 9.00. The van der Waals surface area contributed by atoms with E-state index in [0.29, 0.717) is 62.4 Å². The van der Waals surface area contributed by atoms with E-state index < -0.39 is 35.4 Å². The summed E-state index contributed by atoms with van der Waals surface area (Å²) in [6.07, 6.45) is -6.20. The molecule has 2 aromatic rings.